The summed E-state index contributed by atoms with van der Waals surface area (Å²) >= 11 is 0. The first-order valence-corrected chi connectivity index (χ1v) is 10.0. The minimum Gasteiger partial charge on any atom is -0.378 e. The maximum absolute atomic E-state index is 12.9. The Labute approximate surface area is 161 Å². The van der Waals surface area contributed by atoms with E-state index >= 15 is 0 Å². The highest BCUT2D eigenvalue weighted by Gasteiger charge is 2.37. The second kappa shape index (κ2) is 8.74. The van der Waals surface area contributed by atoms with Gasteiger partial charge < -0.3 is 20.3 Å². The predicted molar refractivity (Wildman–Crippen MR) is 107 cm³/mol. The van der Waals surface area contributed by atoms with E-state index in [4.69, 9.17) is 4.74 Å². The zero-order valence-electron chi connectivity index (χ0n) is 16.4. The molecule has 0 atom stereocenters. The number of nitrogens with one attached hydrogen (secondary N) is 2. The Morgan fingerprint density at radius 1 is 1.04 bits per heavy atom. The van der Waals surface area contributed by atoms with Crippen molar-refractivity contribution in [3.8, 4) is 0 Å². The molecule has 1 saturated heterocycles. The SMILES string of the molecule is CC(C)(C(=O)Nc1ccccc1N1CCOCC1)C(=O)NC1CCCCC1. The van der Waals surface area contributed by atoms with Gasteiger partial charge in [0.2, 0.25) is 11.8 Å². The highest BCUT2D eigenvalue weighted by Crippen LogP contribution is 2.29. The van der Waals surface area contributed by atoms with Crippen molar-refractivity contribution in [2.75, 3.05) is 36.5 Å². The van der Waals surface area contributed by atoms with Crippen LogP contribution in [0.4, 0.5) is 11.4 Å². The molecule has 2 amide bonds. The van der Waals surface area contributed by atoms with E-state index in [1.807, 2.05) is 24.3 Å². The van der Waals surface area contributed by atoms with Crippen molar-refractivity contribution >= 4 is 23.2 Å². The van der Waals surface area contributed by atoms with E-state index in [2.05, 4.69) is 15.5 Å². The number of morpholine rings is 1. The van der Waals surface area contributed by atoms with Crippen LogP contribution in [0, 0.1) is 5.41 Å². The summed E-state index contributed by atoms with van der Waals surface area (Å²) in [4.78, 5) is 27.9. The molecule has 27 heavy (non-hydrogen) atoms. The molecule has 2 N–H and O–H groups in total. The lowest BCUT2D eigenvalue weighted by Gasteiger charge is -2.32. The first kappa shape index (κ1) is 19.7. The second-order valence-corrected chi connectivity index (χ2v) is 8.00. The Morgan fingerprint density at radius 3 is 2.41 bits per heavy atom. The number of amides is 2. The summed E-state index contributed by atoms with van der Waals surface area (Å²) in [5, 5.41) is 6.06. The molecule has 1 aliphatic carbocycles. The number of rotatable bonds is 5. The minimum atomic E-state index is -1.13. The minimum absolute atomic E-state index is 0.193. The normalized spacial score (nSPS) is 18.8. The number of anilines is 2. The maximum Gasteiger partial charge on any atom is 0.239 e. The molecule has 6 nitrogen and oxygen atoms in total. The van der Waals surface area contributed by atoms with E-state index in [1.54, 1.807) is 13.8 Å². The fraction of sp³-hybridized carbons (Fsp3) is 0.619. The van der Waals surface area contributed by atoms with Crippen molar-refractivity contribution in [3.63, 3.8) is 0 Å². The second-order valence-electron chi connectivity index (χ2n) is 8.00. The van der Waals surface area contributed by atoms with Gasteiger partial charge in [0.05, 0.1) is 24.6 Å². The van der Waals surface area contributed by atoms with Crippen LogP contribution in [-0.4, -0.2) is 44.2 Å². The third-order valence-electron chi connectivity index (χ3n) is 5.58. The Bertz CT molecular complexity index is 662. The van der Waals surface area contributed by atoms with E-state index in [-0.39, 0.29) is 17.9 Å². The van der Waals surface area contributed by atoms with Crippen molar-refractivity contribution in [3.05, 3.63) is 24.3 Å². The number of carbonyl (C=O) groups is 2. The lowest BCUT2D eigenvalue weighted by Crippen LogP contribution is -2.49. The number of benzene rings is 1. The Balaban J connectivity index is 1.67. The van der Waals surface area contributed by atoms with Crippen LogP contribution in [0.5, 0.6) is 0 Å². The molecule has 1 heterocycles. The average Bonchev–Trinajstić information content (AvgIpc) is 2.69. The summed E-state index contributed by atoms with van der Waals surface area (Å²) in [5.41, 5.74) is 0.579. The van der Waals surface area contributed by atoms with Crippen LogP contribution >= 0.6 is 0 Å². The number of ether oxygens (including phenoxy) is 1. The van der Waals surface area contributed by atoms with Gasteiger partial charge in [0, 0.05) is 19.1 Å². The lowest BCUT2D eigenvalue weighted by atomic mass is 9.88. The van der Waals surface area contributed by atoms with Gasteiger partial charge in [-0.15, -0.1) is 0 Å². The van der Waals surface area contributed by atoms with Crippen molar-refractivity contribution in [1.82, 2.24) is 5.32 Å². The monoisotopic (exact) mass is 373 g/mol. The van der Waals surface area contributed by atoms with Gasteiger partial charge in [-0.1, -0.05) is 31.4 Å². The molecule has 0 unspecified atom stereocenters. The molecule has 6 heteroatoms. The van der Waals surface area contributed by atoms with Crippen LogP contribution < -0.4 is 15.5 Å². The fourth-order valence-electron chi connectivity index (χ4n) is 3.65. The molecule has 1 aromatic rings. The molecule has 148 valence electrons. The van der Waals surface area contributed by atoms with E-state index in [0.29, 0.717) is 13.2 Å². The lowest BCUT2D eigenvalue weighted by molar-refractivity contribution is -0.139. The molecule has 0 bridgehead atoms. The summed E-state index contributed by atoms with van der Waals surface area (Å²) in [6.07, 6.45) is 5.52. The Kier molecular flexibility index (Phi) is 6.37. The number of hydrogen-bond donors (Lipinski definition) is 2. The number of hydrogen-bond acceptors (Lipinski definition) is 4. The van der Waals surface area contributed by atoms with E-state index in [0.717, 1.165) is 50.1 Å². The van der Waals surface area contributed by atoms with Gasteiger partial charge in [-0.2, -0.15) is 0 Å². The number of carbonyl (C=O) groups excluding carboxylic acids is 2. The van der Waals surface area contributed by atoms with Crippen molar-refractivity contribution in [2.45, 2.75) is 52.0 Å². The van der Waals surface area contributed by atoms with Gasteiger partial charge in [-0.3, -0.25) is 9.59 Å². The van der Waals surface area contributed by atoms with Gasteiger partial charge in [0.25, 0.3) is 0 Å². The largest absolute Gasteiger partial charge is 0.378 e. The molecule has 1 aliphatic heterocycles. The quantitative estimate of drug-likeness (QED) is 0.779. The highest BCUT2D eigenvalue weighted by atomic mass is 16.5. The summed E-state index contributed by atoms with van der Waals surface area (Å²) < 4.78 is 5.42. The molecule has 2 fully saturated rings. The number of nitrogens with zero attached hydrogens (tertiary/aromatic N) is 1. The van der Waals surface area contributed by atoms with E-state index in [1.165, 1.54) is 6.42 Å². The van der Waals surface area contributed by atoms with Crippen molar-refractivity contribution in [1.29, 1.82) is 0 Å². The molecule has 3 rings (SSSR count). The van der Waals surface area contributed by atoms with Crippen LogP contribution in [0.2, 0.25) is 0 Å². The summed E-state index contributed by atoms with van der Waals surface area (Å²) in [5.74, 6) is -0.479. The zero-order chi connectivity index (χ0) is 19.3. The molecule has 2 aliphatic rings. The molecule has 1 saturated carbocycles. The van der Waals surface area contributed by atoms with Crippen LogP contribution in [-0.2, 0) is 14.3 Å². The van der Waals surface area contributed by atoms with Gasteiger partial charge in [0.1, 0.15) is 5.41 Å². The van der Waals surface area contributed by atoms with Gasteiger partial charge in [0.15, 0.2) is 0 Å². The van der Waals surface area contributed by atoms with Gasteiger partial charge >= 0.3 is 0 Å². The molecular weight excluding hydrogens is 342 g/mol. The highest BCUT2D eigenvalue weighted by molar-refractivity contribution is 6.10. The standard InChI is InChI=1S/C21H31N3O3/c1-21(2,19(25)22-16-8-4-3-5-9-16)20(26)23-17-10-6-7-11-18(17)24-12-14-27-15-13-24/h6-7,10-11,16H,3-5,8-9,12-15H2,1-2H3,(H,22,25)(H,23,26). The summed E-state index contributed by atoms with van der Waals surface area (Å²) in [7, 11) is 0. The smallest absolute Gasteiger partial charge is 0.239 e. The van der Waals surface area contributed by atoms with Crippen LogP contribution in [0.1, 0.15) is 46.0 Å². The fourth-order valence-corrected chi connectivity index (χ4v) is 3.65. The maximum atomic E-state index is 12.9. The summed E-state index contributed by atoms with van der Waals surface area (Å²) in [6.45, 7) is 6.32. The third kappa shape index (κ3) is 4.80. The van der Waals surface area contributed by atoms with E-state index in [9.17, 15) is 9.59 Å². The van der Waals surface area contributed by atoms with Crippen LogP contribution in [0.15, 0.2) is 24.3 Å². The van der Waals surface area contributed by atoms with Crippen LogP contribution in [0.25, 0.3) is 0 Å². The Morgan fingerprint density at radius 2 is 1.70 bits per heavy atom. The number of para-hydroxylation sites is 2. The molecule has 0 radical (unpaired) electrons. The third-order valence-corrected chi connectivity index (χ3v) is 5.58. The van der Waals surface area contributed by atoms with E-state index < -0.39 is 5.41 Å². The topological polar surface area (TPSA) is 70.7 Å². The Hall–Kier alpha value is -2.08. The van der Waals surface area contributed by atoms with Gasteiger partial charge in [-0.05, 0) is 38.8 Å². The van der Waals surface area contributed by atoms with Crippen molar-refractivity contribution in [2.24, 2.45) is 5.41 Å². The zero-order valence-corrected chi connectivity index (χ0v) is 16.4. The van der Waals surface area contributed by atoms with Crippen LogP contribution in [0.3, 0.4) is 0 Å². The molecule has 1 aromatic carbocycles. The first-order valence-electron chi connectivity index (χ1n) is 10.0. The summed E-state index contributed by atoms with van der Waals surface area (Å²) in [6, 6.07) is 7.93. The molecular formula is C21H31N3O3. The van der Waals surface area contributed by atoms with Gasteiger partial charge in [-0.25, -0.2) is 0 Å². The molecule has 0 spiro atoms. The predicted octanol–water partition coefficient (Wildman–Crippen LogP) is 2.94. The average molecular weight is 373 g/mol. The molecule has 0 aromatic heterocycles. The van der Waals surface area contributed by atoms with Crippen molar-refractivity contribution < 1.29 is 14.3 Å². The first-order chi connectivity index (χ1) is 13.0.